The van der Waals surface area contributed by atoms with Crippen LogP contribution in [0.4, 0.5) is 4.79 Å². The van der Waals surface area contributed by atoms with E-state index in [-0.39, 0.29) is 18.4 Å². The lowest BCUT2D eigenvalue weighted by Crippen LogP contribution is -2.45. The third kappa shape index (κ3) is 3.67. The molecule has 0 saturated carbocycles. The quantitative estimate of drug-likeness (QED) is 0.736. The number of rotatable bonds is 8. The Labute approximate surface area is 149 Å². The molecule has 1 aliphatic heterocycles. The zero-order valence-corrected chi connectivity index (χ0v) is 15.2. The van der Waals surface area contributed by atoms with Crippen LogP contribution in [0.15, 0.2) is 30.3 Å². The van der Waals surface area contributed by atoms with Gasteiger partial charge in [0.15, 0.2) is 0 Å². The topological polar surface area (TPSA) is 69.7 Å². The van der Waals surface area contributed by atoms with Gasteiger partial charge in [0.05, 0.1) is 0 Å². The summed E-state index contributed by atoms with van der Waals surface area (Å²) >= 11 is 0. The van der Waals surface area contributed by atoms with Gasteiger partial charge >= 0.3 is 6.03 Å². The standard InChI is InChI=1S/C19H27N3O3/c1-4-12-21(13-5-2)16(23)14-22-17(24)19(6-3,20-18(22)25)15-10-8-7-9-11-15/h7-11H,4-6,12-14H2,1-3H3,(H,20,25). The Bertz CT molecular complexity index is 626. The number of nitrogens with one attached hydrogen (secondary N) is 1. The van der Waals surface area contributed by atoms with E-state index in [9.17, 15) is 14.4 Å². The second kappa shape index (κ2) is 8.14. The van der Waals surface area contributed by atoms with Crippen LogP contribution in [0.1, 0.15) is 45.6 Å². The number of carbonyl (C=O) groups is 3. The summed E-state index contributed by atoms with van der Waals surface area (Å²) in [7, 11) is 0. The fourth-order valence-corrected chi connectivity index (χ4v) is 3.27. The van der Waals surface area contributed by atoms with Crippen molar-refractivity contribution in [1.82, 2.24) is 15.1 Å². The smallest absolute Gasteiger partial charge is 0.325 e. The van der Waals surface area contributed by atoms with Crippen LogP contribution in [-0.2, 0) is 15.1 Å². The molecule has 1 heterocycles. The highest BCUT2D eigenvalue weighted by atomic mass is 16.2. The molecule has 1 saturated heterocycles. The van der Waals surface area contributed by atoms with Crippen molar-refractivity contribution in [1.29, 1.82) is 0 Å². The Morgan fingerprint density at radius 3 is 2.20 bits per heavy atom. The second-order valence-corrected chi connectivity index (χ2v) is 6.33. The molecule has 0 spiro atoms. The summed E-state index contributed by atoms with van der Waals surface area (Å²) < 4.78 is 0. The highest BCUT2D eigenvalue weighted by Crippen LogP contribution is 2.32. The van der Waals surface area contributed by atoms with E-state index in [4.69, 9.17) is 0 Å². The van der Waals surface area contributed by atoms with Crippen LogP contribution in [0.5, 0.6) is 0 Å². The largest absolute Gasteiger partial charge is 0.341 e. The summed E-state index contributed by atoms with van der Waals surface area (Å²) in [5, 5.41) is 2.81. The number of urea groups is 1. The maximum Gasteiger partial charge on any atom is 0.325 e. The minimum atomic E-state index is -1.08. The molecule has 6 heteroatoms. The van der Waals surface area contributed by atoms with Gasteiger partial charge in [0.2, 0.25) is 5.91 Å². The van der Waals surface area contributed by atoms with Gasteiger partial charge in [-0.05, 0) is 24.8 Å². The van der Waals surface area contributed by atoms with E-state index in [1.165, 1.54) is 0 Å². The van der Waals surface area contributed by atoms with Crippen LogP contribution < -0.4 is 5.32 Å². The average molecular weight is 345 g/mol. The number of hydrogen-bond donors (Lipinski definition) is 1. The Hall–Kier alpha value is -2.37. The molecular weight excluding hydrogens is 318 g/mol. The molecule has 2 rings (SSSR count). The molecule has 1 aromatic carbocycles. The van der Waals surface area contributed by atoms with Crippen LogP contribution in [0.25, 0.3) is 0 Å². The van der Waals surface area contributed by atoms with Crippen molar-refractivity contribution in [3.63, 3.8) is 0 Å². The molecule has 0 aliphatic carbocycles. The van der Waals surface area contributed by atoms with Gasteiger partial charge in [-0.15, -0.1) is 0 Å². The third-order valence-corrected chi connectivity index (χ3v) is 4.61. The van der Waals surface area contributed by atoms with E-state index in [0.717, 1.165) is 23.3 Å². The molecule has 1 aliphatic rings. The lowest BCUT2D eigenvalue weighted by molar-refractivity contribution is -0.139. The van der Waals surface area contributed by atoms with Crippen molar-refractivity contribution in [2.75, 3.05) is 19.6 Å². The molecule has 6 nitrogen and oxygen atoms in total. The SMILES string of the molecule is CCCN(CCC)C(=O)CN1C(=O)NC(CC)(c2ccccc2)C1=O. The highest BCUT2D eigenvalue weighted by molar-refractivity contribution is 6.09. The number of nitrogens with zero attached hydrogens (tertiary/aromatic N) is 2. The summed E-state index contributed by atoms with van der Waals surface area (Å²) in [6.45, 7) is 6.92. The minimum absolute atomic E-state index is 0.188. The lowest BCUT2D eigenvalue weighted by atomic mass is 9.87. The molecule has 1 aromatic rings. The number of hydrogen-bond acceptors (Lipinski definition) is 3. The van der Waals surface area contributed by atoms with Gasteiger partial charge < -0.3 is 10.2 Å². The molecular formula is C19H27N3O3. The predicted octanol–water partition coefficient (Wildman–Crippen LogP) is 2.49. The minimum Gasteiger partial charge on any atom is -0.341 e. The van der Waals surface area contributed by atoms with E-state index in [2.05, 4.69) is 5.32 Å². The summed E-state index contributed by atoms with van der Waals surface area (Å²) in [6.07, 6.45) is 2.11. The van der Waals surface area contributed by atoms with Crippen molar-refractivity contribution in [3.8, 4) is 0 Å². The zero-order chi connectivity index (χ0) is 18.4. The predicted molar refractivity (Wildman–Crippen MR) is 95.8 cm³/mol. The molecule has 0 aromatic heterocycles. The van der Waals surface area contributed by atoms with Crippen molar-refractivity contribution in [3.05, 3.63) is 35.9 Å². The maximum atomic E-state index is 13.0. The van der Waals surface area contributed by atoms with Gasteiger partial charge in [-0.1, -0.05) is 51.1 Å². The van der Waals surface area contributed by atoms with Crippen molar-refractivity contribution in [2.24, 2.45) is 0 Å². The summed E-state index contributed by atoms with van der Waals surface area (Å²) in [6, 6.07) is 8.69. The molecule has 25 heavy (non-hydrogen) atoms. The fourth-order valence-electron chi connectivity index (χ4n) is 3.27. The first-order valence-electron chi connectivity index (χ1n) is 8.97. The fraction of sp³-hybridized carbons (Fsp3) is 0.526. The first kappa shape index (κ1) is 19.0. The molecule has 1 unspecified atom stereocenters. The van der Waals surface area contributed by atoms with Crippen LogP contribution >= 0.6 is 0 Å². The monoisotopic (exact) mass is 345 g/mol. The molecule has 4 amide bonds. The summed E-state index contributed by atoms with van der Waals surface area (Å²) in [5.41, 5.74) is -0.344. The highest BCUT2D eigenvalue weighted by Gasteiger charge is 2.51. The van der Waals surface area contributed by atoms with Crippen molar-refractivity contribution in [2.45, 2.75) is 45.6 Å². The second-order valence-electron chi connectivity index (χ2n) is 6.33. The van der Waals surface area contributed by atoms with Gasteiger partial charge in [-0.3, -0.25) is 14.5 Å². The number of carbonyl (C=O) groups excluding carboxylic acids is 3. The van der Waals surface area contributed by atoms with Crippen LogP contribution in [-0.4, -0.2) is 47.3 Å². The van der Waals surface area contributed by atoms with E-state index in [0.29, 0.717) is 19.5 Å². The Morgan fingerprint density at radius 2 is 1.68 bits per heavy atom. The van der Waals surface area contributed by atoms with Gasteiger partial charge in [0.1, 0.15) is 12.1 Å². The normalized spacial score (nSPS) is 19.9. The lowest BCUT2D eigenvalue weighted by Gasteiger charge is -2.26. The number of benzene rings is 1. The average Bonchev–Trinajstić information content (AvgIpc) is 2.87. The molecule has 1 fully saturated rings. The van der Waals surface area contributed by atoms with Crippen molar-refractivity contribution < 1.29 is 14.4 Å². The Kier molecular flexibility index (Phi) is 6.17. The van der Waals surface area contributed by atoms with Crippen LogP contribution in [0.3, 0.4) is 0 Å². The van der Waals surface area contributed by atoms with Gasteiger partial charge in [0, 0.05) is 13.1 Å². The summed E-state index contributed by atoms with van der Waals surface area (Å²) in [5.74, 6) is -0.542. The van der Waals surface area contributed by atoms with E-state index in [1.807, 2.05) is 51.1 Å². The van der Waals surface area contributed by atoms with E-state index >= 15 is 0 Å². The first-order chi connectivity index (χ1) is 12.0. The van der Waals surface area contributed by atoms with Gasteiger partial charge in [0.25, 0.3) is 5.91 Å². The molecule has 0 radical (unpaired) electrons. The van der Waals surface area contributed by atoms with Crippen LogP contribution in [0, 0.1) is 0 Å². The zero-order valence-electron chi connectivity index (χ0n) is 15.2. The number of amides is 4. The Balaban J connectivity index is 2.22. The molecule has 1 N–H and O–H groups in total. The first-order valence-corrected chi connectivity index (χ1v) is 8.97. The maximum absolute atomic E-state index is 13.0. The van der Waals surface area contributed by atoms with Gasteiger partial charge in [-0.2, -0.15) is 0 Å². The van der Waals surface area contributed by atoms with E-state index < -0.39 is 11.6 Å². The summed E-state index contributed by atoms with van der Waals surface area (Å²) in [4.78, 5) is 40.8. The molecule has 1 atom stereocenters. The van der Waals surface area contributed by atoms with Gasteiger partial charge in [-0.25, -0.2) is 4.79 Å². The van der Waals surface area contributed by atoms with Crippen molar-refractivity contribution >= 4 is 17.8 Å². The van der Waals surface area contributed by atoms with E-state index in [1.54, 1.807) is 4.90 Å². The third-order valence-electron chi connectivity index (χ3n) is 4.61. The number of imide groups is 1. The molecule has 0 bridgehead atoms. The Morgan fingerprint density at radius 1 is 1.08 bits per heavy atom. The molecule has 136 valence electrons. The van der Waals surface area contributed by atoms with Crippen LogP contribution in [0.2, 0.25) is 0 Å².